The van der Waals surface area contributed by atoms with Crippen LogP contribution in [0, 0.1) is 0 Å². The molecular weight excluding hydrogens is 426 g/mol. The third-order valence-corrected chi connectivity index (χ3v) is 5.70. The number of hydrogen-bond acceptors (Lipinski definition) is 4. The molecule has 1 amide bonds. The normalized spacial score (nSPS) is 11.4. The van der Waals surface area contributed by atoms with Crippen LogP contribution in [0.25, 0.3) is 21.7 Å². The molecule has 6 heteroatoms. The van der Waals surface area contributed by atoms with Gasteiger partial charge in [0.1, 0.15) is 12.4 Å². The molecule has 0 spiro atoms. The van der Waals surface area contributed by atoms with Gasteiger partial charge in [0.15, 0.2) is 5.69 Å². The Bertz CT molecular complexity index is 1480. The number of ether oxygens (including phenoxy) is 1. The van der Waals surface area contributed by atoms with Crippen LogP contribution in [0.3, 0.4) is 0 Å². The molecule has 0 bridgehead atoms. The largest absolute Gasteiger partial charge is 0.493 e. The van der Waals surface area contributed by atoms with E-state index in [4.69, 9.17) is 4.74 Å². The van der Waals surface area contributed by atoms with Crippen LogP contribution in [0.4, 0.5) is 5.69 Å². The summed E-state index contributed by atoms with van der Waals surface area (Å²) >= 11 is 0. The second kappa shape index (κ2) is 9.58. The lowest BCUT2D eigenvalue weighted by Crippen LogP contribution is -2.07. The highest BCUT2D eigenvalue weighted by molar-refractivity contribution is 5.95. The molecule has 0 unspecified atom stereocenters. The van der Waals surface area contributed by atoms with Gasteiger partial charge in [0.2, 0.25) is 5.88 Å². The first-order valence-corrected chi connectivity index (χ1v) is 11.1. The number of fused-ring (bicyclic) bond motifs is 2. The van der Waals surface area contributed by atoms with Gasteiger partial charge >= 0.3 is 0 Å². The molecule has 5 aromatic rings. The summed E-state index contributed by atoms with van der Waals surface area (Å²) in [5.74, 6) is 0.376. The zero-order valence-corrected chi connectivity index (χ0v) is 18.5. The summed E-state index contributed by atoms with van der Waals surface area (Å²) in [6, 6.07) is 30.9. The fourth-order valence-corrected chi connectivity index (χ4v) is 4.08. The zero-order chi connectivity index (χ0) is 23.3. The quantitative estimate of drug-likeness (QED) is 0.291. The number of hydrogen-bond donors (Lipinski definition) is 1. The van der Waals surface area contributed by atoms with Gasteiger partial charge in [-0.3, -0.25) is 4.79 Å². The highest BCUT2D eigenvalue weighted by Crippen LogP contribution is 2.38. The lowest BCUT2D eigenvalue weighted by atomic mass is 10.1. The van der Waals surface area contributed by atoms with Crippen molar-refractivity contribution in [2.45, 2.75) is 13.0 Å². The predicted octanol–water partition coefficient (Wildman–Crippen LogP) is 6.43. The number of carbonyl (C=O) groups excluding carboxylic acids is 1. The number of azo groups is 1. The highest BCUT2D eigenvalue weighted by Gasteiger charge is 2.17. The summed E-state index contributed by atoms with van der Waals surface area (Å²) in [6.07, 6.45) is 0.155. The summed E-state index contributed by atoms with van der Waals surface area (Å²) in [6.45, 7) is 0.757. The molecular formula is C28H23N3O3. The van der Waals surface area contributed by atoms with Crippen molar-refractivity contribution in [3.8, 4) is 11.6 Å². The first kappa shape index (κ1) is 21.4. The van der Waals surface area contributed by atoms with Crippen molar-refractivity contribution < 1.29 is 14.6 Å². The van der Waals surface area contributed by atoms with Crippen LogP contribution < -0.4 is 4.74 Å². The Hall–Kier alpha value is -4.45. The summed E-state index contributed by atoms with van der Waals surface area (Å²) in [5.41, 5.74) is 1.94. The fourth-order valence-electron chi connectivity index (χ4n) is 4.08. The van der Waals surface area contributed by atoms with Gasteiger partial charge in [-0.2, -0.15) is 0 Å². The van der Waals surface area contributed by atoms with Gasteiger partial charge < -0.3 is 14.4 Å². The zero-order valence-electron chi connectivity index (χ0n) is 18.5. The average Bonchev–Trinajstić information content (AvgIpc) is 3.14. The summed E-state index contributed by atoms with van der Waals surface area (Å²) in [4.78, 5) is 12.3. The van der Waals surface area contributed by atoms with Crippen molar-refractivity contribution in [3.05, 3.63) is 103 Å². The van der Waals surface area contributed by atoms with Crippen LogP contribution in [0.2, 0.25) is 0 Å². The fraction of sp³-hybridized carbons (Fsp3) is 0.107. The van der Waals surface area contributed by atoms with Gasteiger partial charge in [-0.15, -0.1) is 10.2 Å². The second-order valence-corrected chi connectivity index (χ2v) is 7.92. The minimum atomic E-state index is -0.373. The Morgan fingerprint density at radius 2 is 1.53 bits per heavy atom. The van der Waals surface area contributed by atoms with Crippen molar-refractivity contribution in [1.29, 1.82) is 0 Å². The van der Waals surface area contributed by atoms with Crippen molar-refractivity contribution >= 4 is 33.3 Å². The van der Waals surface area contributed by atoms with E-state index in [1.165, 1.54) is 0 Å². The molecule has 0 radical (unpaired) electrons. The Labute approximate surface area is 196 Å². The van der Waals surface area contributed by atoms with Crippen LogP contribution in [0.15, 0.2) is 107 Å². The number of amides is 1. The molecule has 1 aromatic heterocycles. The predicted molar refractivity (Wildman–Crippen MR) is 133 cm³/mol. The molecule has 168 valence electrons. The van der Waals surface area contributed by atoms with E-state index < -0.39 is 0 Å². The monoisotopic (exact) mass is 449 g/mol. The number of para-hydroxylation sites is 1. The lowest BCUT2D eigenvalue weighted by Gasteiger charge is -2.11. The molecule has 0 saturated heterocycles. The summed E-state index contributed by atoms with van der Waals surface area (Å²) < 4.78 is 7.79. The molecule has 0 aliphatic carbocycles. The first-order chi connectivity index (χ1) is 16.7. The van der Waals surface area contributed by atoms with E-state index in [0.29, 0.717) is 13.2 Å². The van der Waals surface area contributed by atoms with Crippen LogP contribution in [0.1, 0.15) is 5.56 Å². The van der Waals surface area contributed by atoms with Crippen LogP contribution in [0.5, 0.6) is 11.6 Å². The third-order valence-electron chi connectivity index (χ3n) is 5.70. The molecule has 0 saturated carbocycles. The van der Waals surface area contributed by atoms with E-state index >= 15 is 0 Å². The Balaban J connectivity index is 1.36. The Morgan fingerprint density at radius 1 is 0.824 bits per heavy atom. The van der Waals surface area contributed by atoms with E-state index in [2.05, 4.69) is 10.2 Å². The smallest absolute Gasteiger partial charge is 0.269 e. The molecule has 0 aliphatic heterocycles. The minimum absolute atomic E-state index is 0.0426. The molecule has 0 fully saturated rings. The number of nitrogens with zero attached hydrogens (tertiary/aromatic N) is 3. The third kappa shape index (κ3) is 4.38. The van der Waals surface area contributed by atoms with E-state index in [9.17, 15) is 9.90 Å². The van der Waals surface area contributed by atoms with Gasteiger partial charge in [-0.1, -0.05) is 84.9 Å². The maximum atomic E-state index is 12.3. The van der Waals surface area contributed by atoms with Gasteiger partial charge in [-0.05, 0) is 23.1 Å². The van der Waals surface area contributed by atoms with Crippen LogP contribution >= 0.6 is 0 Å². The van der Waals surface area contributed by atoms with Gasteiger partial charge in [0, 0.05) is 10.8 Å². The number of aromatic nitrogens is 1. The molecule has 0 aliphatic rings. The molecule has 6 nitrogen and oxygen atoms in total. The van der Waals surface area contributed by atoms with Crippen molar-refractivity contribution in [1.82, 2.24) is 4.57 Å². The highest BCUT2D eigenvalue weighted by atomic mass is 16.5. The van der Waals surface area contributed by atoms with E-state index in [1.54, 1.807) is 4.57 Å². The molecule has 5 rings (SSSR count). The number of benzene rings is 4. The molecule has 1 N–H and O–H groups in total. The van der Waals surface area contributed by atoms with E-state index in [1.807, 2.05) is 97.1 Å². The number of aromatic hydroxyl groups is 1. The van der Waals surface area contributed by atoms with Gasteiger partial charge in [-0.25, -0.2) is 0 Å². The maximum Gasteiger partial charge on any atom is 0.269 e. The molecule has 0 atom stereocenters. The molecule has 4 aromatic carbocycles. The van der Waals surface area contributed by atoms with Crippen LogP contribution in [-0.2, 0) is 17.8 Å². The minimum Gasteiger partial charge on any atom is -0.493 e. The first-order valence-electron chi connectivity index (χ1n) is 11.1. The van der Waals surface area contributed by atoms with Crippen molar-refractivity contribution in [2.24, 2.45) is 10.2 Å². The van der Waals surface area contributed by atoms with Crippen molar-refractivity contribution in [3.63, 3.8) is 0 Å². The van der Waals surface area contributed by atoms with Gasteiger partial charge in [0.05, 0.1) is 18.5 Å². The van der Waals surface area contributed by atoms with E-state index in [0.717, 1.165) is 33.0 Å². The Morgan fingerprint density at radius 3 is 2.38 bits per heavy atom. The molecule has 1 heterocycles. The standard InChI is InChI=1S/C28H23N3O3/c32-26(19-20-9-2-1-3-10-20)29-30-27-23-14-6-7-15-24(23)31(28(27)33)17-18-34-25-16-8-12-21-11-4-5-13-22(21)25/h1-16,33H,17-19H2. The second-order valence-electron chi connectivity index (χ2n) is 7.92. The summed E-state index contributed by atoms with van der Waals surface area (Å²) in [7, 11) is 0. The van der Waals surface area contributed by atoms with Crippen LogP contribution in [-0.4, -0.2) is 22.2 Å². The van der Waals surface area contributed by atoms with Gasteiger partial charge in [0.25, 0.3) is 5.91 Å². The average molecular weight is 450 g/mol. The number of carbonyl (C=O) groups is 1. The number of rotatable bonds is 7. The Kier molecular flexibility index (Phi) is 6.03. The lowest BCUT2D eigenvalue weighted by molar-refractivity contribution is -0.117. The van der Waals surface area contributed by atoms with Crippen molar-refractivity contribution in [2.75, 3.05) is 6.61 Å². The topological polar surface area (TPSA) is 76.2 Å². The maximum absolute atomic E-state index is 12.3. The van der Waals surface area contributed by atoms with E-state index in [-0.39, 0.29) is 23.9 Å². The molecule has 34 heavy (non-hydrogen) atoms. The summed E-state index contributed by atoms with van der Waals surface area (Å²) in [5, 5.41) is 21.8. The SMILES string of the molecule is O=C(Cc1ccccc1)N=Nc1c(O)n(CCOc2cccc3ccccc23)c2ccccc12.